The summed E-state index contributed by atoms with van der Waals surface area (Å²) in [6.07, 6.45) is 1.13. The normalized spacial score (nSPS) is 23.3. The van der Waals surface area contributed by atoms with Crippen molar-refractivity contribution in [3.63, 3.8) is 0 Å². The molecule has 1 saturated heterocycles. The Morgan fingerprint density at radius 2 is 2.20 bits per heavy atom. The minimum absolute atomic E-state index is 0.0985. The van der Waals surface area contributed by atoms with Crippen LogP contribution in [0.4, 0.5) is 0 Å². The van der Waals surface area contributed by atoms with Crippen LogP contribution in [0.25, 0.3) is 0 Å². The minimum atomic E-state index is -0.0985. The smallest absolute Gasteiger partial charge is 0.249 e. The van der Waals surface area contributed by atoms with Crippen LogP contribution in [0, 0.1) is 0 Å². The monoisotopic (exact) mass is 214 g/mol. The zero-order valence-electron chi connectivity index (χ0n) is 10.2. The molecule has 0 aromatic heterocycles. The molecule has 1 amide bonds. The highest BCUT2D eigenvalue weighted by Gasteiger charge is 2.33. The quantitative estimate of drug-likeness (QED) is 0.749. The van der Waals surface area contributed by atoms with Crippen molar-refractivity contribution in [2.75, 3.05) is 26.7 Å². The van der Waals surface area contributed by atoms with Gasteiger partial charge in [-0.25, -0.2) is 0 Å². The van der Waals surface area contributed by atoms with Gasteiger partial charge in [-0.2, -0.15) is 0 Å². The van der Waals surface area contributed by atoms with E-state index in [2.05, 4.69) is 26.1 Å². The van der Waals surface area contributed by atoms with E-state index in [1.165, 1.54) is 0 Å². The molecule has 1 aliphatic heterocycles. The molecule has 1 heterocycles. The Hall–Kier alpha value is -0.610. The topological polar surface area (TPSA) is 41.6 Å². The van der Waals surface area contributed by atoms with Gasteiger partial charge in [-0.05, 0) is 40.8 Å². The van der Waals surface area contributed by atoms with Gasteiger partial charge in [0.05, 0.1) is 6.10 Å². The van der Waals surface area contributed by atoms with E-state index < -0.39 is 0 Å². The fraction of sp³-hybridized carbons (Fsp3) is 0.909. The Bertz CT molecular complexity index is 223. The molecule has 0 spiro atoms. The average molecular weight is 214 g/mol. The second kappa shape index (κ2) is 4.94. The summed E-state index contributed by atoms with van der Waals surface area (Å²) in [6.45, 7) is 8.05. The third-order valence-corrected chi connectivity index (χ3v) is 2.66. The molecule has 0 aromatic rings. The van der Waals surface area contributed by atoms with E-state index in [1.54, 1.807) is 0 Å². The summed E-state index contributed by atoms with van der Waals surface area (Å²) in [7, 11) is 1.93. The van der Waals surface area contributed by atoms with E-state index in [-0.39, 0.29) is 24.2 Å². The number of hydrogen-bond donors (Lipinski definition) is 1. The summed E-state index contributed by atoms with van der Waals surface area (Å²) in [5.41, 5.74) is -0.0985. The molecular formula is C11H22N2O2. The molecule has 1 aliphatic rings. The zero-order valence-corrected chi connectivity index (χ0v) is 10.2. The maximum Gasteiger partial charge on any atom is 0.249 e. The van der Waals surface area contributed by atoms with Crippen LogP contribution in [-0.2, 0) is 9.53 Å². The van der Waals surface area contributed by atoms with Crippen molar-refractivity contribution in [3.05, 3.63) is 0 Å². The molecule has 0 aromatic carbocycles. The van der Waals surface area contributed by atoms with E-state index >= 15 is 0 Å². The van der Waals surface area contributed by atoms with Gasteiger partial charge in [-0.3, -0.25) is 4.79 Å². The standard InChI is InChI=1S/C11H22N2O2/c1-11(2,3)13-7-9(5-6-12-4)15-8-10(13)14/h9,12H,5-8H2,1-4H3. The Labute approximate surface area is 92.0 Å². The number of nitrogens with one attached hydrogen (secondary N) is 1. The van der Waals surface area contributed by atoms with E-state index in [0.717, 1.165) is 13.0 Å². The fourth-order valence-electron chi connectivity index (χ4n) is 1.75. The molecule has 88 valence electrons. The van der Waals surface area contributed by atoms with Crippen LogP contribution < -0.4 is 5.32 Å². The number of morpholine rings is 1. The first kappa shape index (κ1) is 12.5. The molecule has 0 radical (unpaired) electrons. The molecule has 1 unspecified atom stereocenters. The van der Waals surface area contributed by atoms with Crippen molar-refractivity contribution in [1.29, 1.82) is 0 Å². The lowest BCUT2D eigenvalue weighted by atomic mass is 10.0. The SMILES string of the molecule is CNCCC1CN(C(C)(C)C)C(=O)CO1. The number of carbonyl (C=O) groups is 1. The van der Waals surface area contributed by atoms with Crippen LogP contribution in [0.15, 0.2) is 0 Å². The fourth-order valence-corrected chi connectivity index (χ4v) is 1.75. The molecule has 4 nitrogen and oxygen atoms in total. The summed E-state index contributed by atoms with van der Waals surface area (Å²) in [6, 6.07) is 0. The lowest BCUT2D eigenvalue weighted by Crippen LogP contribution is -2.55. The number of amides is 1. The zero-order chi connectivity index (χ0) is 11.5. The number of rotatable bonds is 3. The largest absolute Gasteiger partial charge is 0.367 e. The van der Waals surface area contributed by atoms with E-state index in [9.17, 15) is 4.79 Å². The van der Waals surface area contributed by atoms with Crippen molar-refractivity contribution in [1.82, 2.24) is 10.2 Å². The number of ether oxygens (including phenoxy) is 1. The maximum atomic E-state index is 11.6. The highest BCUT2D eigenvalue weighted by Crippen LogP contribution is 2.19. The first-order chi connectivity index (χ1) is 6.95. The van der Waals surface area contributed by atoms with Crippen molar-refractivity contribution in [2.45, 2.75) is 38.8 Å². The molecule has 0 bridgehead atoms. The Kier molecular flexibility index (Phi) is 4.11. The average Bonchev–Trinajstić information content (AvgIpc) is 2.15. The lowest BCUT2D eigenvalue weighted by Gasteiger charge is -2.41. The molecule has 0 saturated carbocycles. The minimum Gasteiger partial charge on any atom is -0.367 e. The van der Waals surface area contributed by atoms with E-state index in [0.29, 0.717) is 6.54 Å². The van der Waals surface area contributed by atoms with Crippen LogP contribution >= 0.6 is 0 Å². The molecule has 15 heavy (non-hydrogen) atoms. The van der Waals surface area contributed by atoms with Gasteiger partial charge >= 0.3 is 0 Å². The van der Waals surface area contributed by atoms with Gasteiger partial charge in [0.15, 0.2) is 0 Å². The second-order valence-corrected chi connectivity index (χ2v) is 5.00. The van der Waals surface area contributed by atoms with Gasteiger partial charge in [0.1, 0.15) is 6.61 Å². The molecule has 1 N–H and O–H groups in total. The maximum absolute atomic E-state index is 11.6. The highest BCUT2D eigenvalue weighted by atomic mass is 16.5. The third-order valence-electron chi connectivity index (χ3n) is 2.66. The second-order valence-electron chi connectivity index (χ2n) is 5.00. The van der Waals surface area contributed by atoms with Gasteiger partial charge in [-0.15, -0.1) is 0 Å². The van der Waals surface area contributed by atoms with Gasteiger partial charge in [0.2, 0.25) is 5.91 Å². The lowest BCUT2D eigenvalue weighted by molar-refractivity contribution is -0.156. The number of hydrogen-bond acceptors (Lipinski definition) is 3. The molecule has 1 atom stereocenters. The highest BCUT2D eigenvalue weighted by molar-refractivity contribution is 5.78. The first-order valence-electron chi connectivity index (χ1n) is 5.52. The van der Waals surface area contributed by atoms with E-state index in [1.807, 2.05) is 11.9 Å². The van der Waals surface area contributed by atoms with Gasteiger partial charge in [0, 0.05) is 12.1 Å². The Balaban J connectivity index is 2.52. The third kappa shape index (κ3) is 3.47. The summed E-state index contributed by atoms with van der Waals surface area (Å²) in [5, 5.41) is 3.10. The van der Waals surface area contributed by atoms with Crippen LogP contribution in [0.3, 0.4) is 0 Å². The van der Waals surface area contributed by atoms with Crippen LogP contribution in [-0.4, -0.2) is 49.2 Å². The summed E-state index contributed by atoms with van der Waals surface area (Å²) < 4.78 is 5.49. The molecule has 1 rings (SSSR count). The van der Waals surface area contributed by atoms with Crippen molar-refractivity contribution in [2.24, 2.45) is 0 Å². The first-order valence-corrected chi connectivity index (χ1v) is 5.52. The van der Waals surface area contributed by atoms with Crippen molar-refractivity contribution in [3.8, 4) is 0 Å². The van der Waals surface area contributed by atoms with Gasteiger partial charge in [0.25, 0.3) is 0 Å². The van der Waals surface area contributed by atoms with Crippen molar-refractivity contribution >= 4 is 5.91 Å². The number of carbonyl (C=O) groups excluding carboxylic acids is 1. The summed E-state index contributed by atoms with van der Waals surface area (Å²) in [5.74, 6) is 0.100. The summed E-state index contributed by atoms with van der Waals surface area (Å²) >= 11 is 0. The Morgan fingerprint density at radius 1 is 1.53 bits per heavy atom. The molecular weight excluding hydrogens is 192 g/mol. The Morgan fingerprint density at radius 3 is 2.73 bits per heavy atom. The van der Waals surface area contributed by atoms with Gasteiger partial charge in [-0.1, -0.05) is 0 Å². The predicted molar refractivity (Wildman–Crippen MR) is 59.7 cm³/mol. The van der Waals surface area contributed by atoms with E-state index in [4.69, 9.17) is 4.74 Å². The molecule has 0 aliphatic carbocycles. The summed E-state index contributed by atoms with van der Waals surface area (Å²) in [4.78, 5) is 13.6. The molecule has 4 heteroatoms. The van der Waals surface area contributed by atoms with Crippen LogP contribution in [0.1, 0.15) is 27.2 Å². The van der Waals surface area contributed by atoms with Crippen molar-refractivity contribution < 1.29 is 9.53 Å². The van der Waals surface area contributed by atoms with Crippen LogP contribution in [0.2, 0.25) is 0 Å². The predicted octanol–water partition coefficient (Wildman–Crippen LogP) is 0.622. The van der Waals surface area contributed by atoms with Crippen LogP contribution in [0.5, 0.6) is 0 Å². The number of nitrogens with zero attached hydrogens (tertiary/aromatic N) is 1. The molecule has 1 fully saturated rings. The van der Waals surface area contributed by atoms with Gasteiger partial charge < -0.3 is 15.0 Å².